The highest BCUT2D eigenvalue weighted by molar-refractivity contribution is 7.89. The topological polar surface area (TPSA) is 87.8 Å². The van der Waals surface area contributed by atoms with E-state index < -0.39 is 22.0 Å². The lowest BCUT2D eigenvalue weighted by molar-refractivity contribution is -0.140. The molecule has 1 saturated heterocycles. The Morgan fingerprint density at radius 3 is 2.35 bits per heavy atom. The average molecular weight is 518 g/mol. The zero-order valence-corrected chi connectivity index (χ0v) is 21.7. The second-order valence-corrected chi connectivity index (χ2v) is 11.5. The Labute approximate surface area is 217 Å². The van der Waals surface area contributed by atoms with Crippen molar-refractivity contribution in [1.82, 2.24) is 4.31 Å². The molecular weight excluding hydrogens is 486 g/mol. The fourth-order valence-electron chi connectivity index (χ4n) is 5.13. The first-order valence-electron chi connectivity index (χ1n) is 12.8. The molecule has 1 atom stereocenters. The van der Waals surface area contributed by atoms with Crippen molar-refractivity contribution in [2.75, 3.05) is 6.54 Å². The number of aliphatic carboxylic acids is 1. The predicted molar refractivity (Wildman–Crippen MR) is 144 cm³/mol. The lowest BCUT2D eigenvalue weighted by Crippen LogP contribution is -2.40. The molecule has 5 rings (SSSR count). The molecular formula is C30H31NO5S. The summed E-state index contributed by atoms with van der Waals surface area (Å²) in [6.45, 7) is 2.41. The predicted octanol–water partition coefficient (Wildman–Crippen LogP) is 6.27. The van der Waals surface area contributed by atoms with Gasteiger partial charge in [0.15, 0.2) is 0 Å². The Morgan fingerprint density at radius 2 is 1.68 bits per heavy atom. The first kappa shape index (κ1) is 25.2. The fourth-order valence-corrected chi connectivity index (χ4v) is 6.78. The molecule has 0 radical (unpaired) electrons. The van der Waals surface area contributed by atoms with Crippen molar-refractivity contribution in [2.45, 2.75) is 56.4 Å². The standard InChI is InChI=1S/C30H31NO5S/c1-2-3-9-29-26(25-7-4-5-10-28(25)36-29)20-21-11-13-22(14-12-21)23-15-17-24(18-16-23)37(34,35)31-19-6-8-27(31)30(32)33/h4-5,7,10-18,27H,2-3,6,8-9,19-20H2,1H3,(H,32,33). The van der Waals surface area contributed by atoms with Crippen molar-refractivity contribution >= 4 is 27.0 Å². The molecule has 192 valence electrons. The third-order valence-electron chi connectivity index (χ3n) is 7.16. The fraction of sp³-hybridized carbons (Fsp3) is 0.300. The largest absolute Gasteiger partial charge is 0.480 e. The van der Waals surface area contributed by atoms with E-state index in [1.807, 2.05) is 30.3 Å². The molecule has 0 bridgehead atoms. The normalized spacial score (nSPS) is 16.4. The van der Waals surface area contributed by atoms with Crippen molar-refractivity contribution in [1.29, 1.82) is 0 Å². The Balaban J connectivity index is 1.35. The Bertz CT molecular complexity index is 1500. The van der Waals surface area contributed by atoms with Crippen LogP contribution in [0.4, 0.5) is 0 Å². The van der Waals surface area contributed by atoms with Crippen LogP contribution in [0, 0.1) is 0 Å². The molecule has 1 unspecified atom stereocenters. The van der Waals surface area contributed by atoms with Gasteiger partial charge >= 0.3 is 5.97 Å². The van der Waals surface area contributed by atoms with Gasteiger partial charge in [-0.25, -0.2) is 8.42 Å². The highest BCUT2D eigenvalue weighted by Crippen LogP contribution is 2.31. The number of furan rings is 1. The van der Waals surface area contributed by atoms with Gasteiger partial charge in [-0.1, -0.05) is 67.9 Å². The number of benzene rings is 3. The van der Waals surface area contributed by atoms with E-state index in [0.29, 0.717) is 12.8 Å². The molecule has 6 nitrogen and oxygen atoms in total. The molecule has 3 aromatic carbocycles. The molecule has 1 aliphatic heterocycles. The van der Waals surface area contributed by atoms with Gasteiger partial charge in [-0.05, 0) is 54.2 Å². The summed E-state index contributed by atoms with van der Waals surface area (Å²) in [6, 6.07) is 22.2. The van der Waals surface area contributed by atoms with E-state index in [4.69, 9.17) is 4.42 Å². The van der Waals surface area contributed by atoms with Crippen LogP contribution in [-0.4, -0.2) is 36.4 Å². The van der Waals surface area contributed by atoms with Gasteiger partial charge < -0.3 is 9.52 Å². The zero-order chi connectivity index (χ0) is 26.0. The molecule has 1 N–H and O–H groups in total. The zero-order valence-electron chi connectivity index (χ0n) is 20.9. The molecule has 0 amide bonds. The van der Waals surface area contributed by atoms with E-state index >= 15 is 0 Å². The minimum atomic E-state index is -3.85. The monoisotopic (exact) mass is 517 g/mol. The highest BCUT2D eigenvalue weighted by Gasteiger charge is 2.39. The SMILES string of the molecule is CCCCc1oc2ccccc2c1Cc1ccc(-c2ccc(S(=O)(=O)N3CCCC3C(=O)O)cc2)cc1. The minimum absolute atomic E-state index is 0.118. The van der Waals surface area contributed by atoms with Gasteiger partial charge in [-0.3, -0.25) is 4.79 Å². The lowest BCUT2D eigenvalue weighted by atomic mass is 9.97. The van der Waals surface area contributed by atoms with Gasteiger partial charge in [-0.15, -0.1) is 0 Å². The molecule has 1 fully saturated rings. The molecule has 0 spiro atoms. The summed E-state index contributed by atoms with van der Waals surface area (Å²) < 4.78 is 33.4. The van der Waals surface area contributed by atoms with Crippen LogP contribution in [0.5, 0.6) is 0 Å². The Hall–Kier alpha value is -3.42. The number of sulfonamides is 1. The molecule has 7 heteroatoms. The molecule has 1 aliphatic rings. The quantitative estimate of drug-likeness (QED) is 0.283. The van der Waals surface area contributed by atoms with Crippen LogP contribution in [0.3, 0.4) is 0 Å². The van der Waals surface area contributed by atoms with Crippen LogP contribution in [-0.2, 0) is 27.7 Å². The molecule has 37 heavy (non-hydrogen) atoms. The van der Waals surface area contributed by atoms with Crippen LogP contribution in [0.1, 0.15) is 49.5 Å². The number of carboxylic acids is 1. The van der Waals surface area contributed by atoms with Gasteiger partial charge in [0, 0.05) is 30.3 Å². The second kappa shape index (κ2) is 10.5. The van der Waals surface area contributed by atoms with Crippen molar-refractivity contribution < 1.29 is 22.7 Å². The third kappa shape index (κ3) is 5.06. The number of nitrogens with zero attached hydrogens (tertiary/aromatic N) is 1. The molecule has 2 heterocycles. The van der Waals surface area contributed by atoms with Gasteiger partial charge in [0.2, 0.25) is 10.0 Å². The van der Waals surface area contributed by atoms with Crippen molar-refractivity contribution in [3.63, 3.8) is 0 Å². The smallest absolute Gasteiger partial charge is 0.322 e. The summed E-state index contributed by atoms with van der Waals surface area (Å²) in [5.74, 6) is -0.0363. The number of unbranched alkanes of at least 4 members (excludes halogenated alkanes) is 1. The van der Waals surface area contributed by atoms with E-state index in [-0.39, 0.29) is 11.4 Å². The lowest BCUT2D eigenvalue weighted by Gasteiger charge is -2.21. The highest BCUT2D eigenvalue weighted by atomic mass is 32.2. The van der Waals surface area contributed by atoms with E-state index in [1.165, 1.54) is 11.1 Å². The number of carboxylic acid groups (broad SMARTS) is 1. The van der Waals surface area contributed by atoms with Crippen LogP contribution in [0.2, 0.25) is 0 Å². The van der Waals surface area contributed by atoms with Crippen molar-refractivity contribution in [3.05, 3.63) is 89.7 Å². The number of para-hydroxylation sites is 1. The summed E-state index contributed by atoms with van der Waals surface area (Å²) in [4.78, 5) is 11.6. The minimum Gasteiger partial charge on any atom is -0.480 e. The average Bonchev–Trinajstić information content (AvgIpc) is 3.54. The van der Waals surface area contributed by atoms with Crippen LogP contribution in [0.15, 0.2) is 82.1 Å². The maximum Gasteiger partial charge on any atom is 0.322 e. The number of hydrogen-bond donors (Lipinski definition) is 1. The van der Waals surface area contributed by atoms with Crippen molar-refractivity contribution in [3.8, 4) is 11.1 Å². The van der Waals surface area contributed by atoms with E-state index in [1.54, 1.807) is 24.3 Å². The molecule has 4 aromatic rings. The second-order valence-electron chi connectivity index (χ2n) is 9.61. The molecule has 0 saturated carbocycles. The molecule has 0 aliphatic carbocycles. The van der Waals surface area contributed by atoms with Gasteiger partial charge in [-0.2, -0.15) is 4.31 Å². The van der Waals surface area contributed by atoms with Crippen LogP contribution in [0.25, 0.3) is 22.1 Å². The van der Waals surface area contributed by atoms with Gasteiger partial charge in [0.25, 0.3) is 0 Å². The van der Waals surface area contributed by atoms with Gasteiger partial charge in [0.1, 0.15) is 17.4 Å². The summed E-state index contributed by atoms with van der Waals surface area (Å²) >= 11 is 0. The summed E-state index contributed by atoms with van der Waals surface area (Å²) in [7, 11) is -3.85. The van der Waals surface area contributed by atoms with E-state index in [0.717, 1.165) is 57.8 Å². The van der Waals surface area contributed by atoms with E-state index in [9.17, 15) is 18.3 Å². The Morgan fingerprint density at radius 1 is 1.00 bits per heavy atom. The summed E-state index contributed by atoms with van der Waals surface area (Å²) in [5, 5.41) is 10.5. The molecule has 1 aromatic heterocycles. The van der Waals surface area contributed by atoms with Gasteiger partial charge in [0.05, 0.1) is 4.90 Å². The maximum atomic E-state index is 13.0. The maximum absolute atomic E-state index is 13.0. The number of aryl methyl sites for hydroxylation is 1. The number of fused-ring (bicyclic) bond motifs is 1. The number of rotatable bonds is 9. The van der Waals surface area contributed by atoms with E-state index in [2.05, 4.69) is 25.1 Å². The number of hydrogen-bond acceptors (Lipinski definition) is 4. The summed E-state index contributed by atoms with van der Waals surface area (Å²) in [6.07, 6.45) is 4.81. The number of carbonyl (C=O) groups is 1. The van der Waals surface area contributed by atoms with Crippen LogP contribution >= 0.6 is 0 Å². The Kier molecular flexibility index (Phi) is 7.17. The first-order valence-corrected chi connectivity index (χ1v) is 14.3. The van der Waals surface area contributed by atoms with Crippen molar-refractivity contribution in [2.24, 2.45) is 0 Å². The first-order chi connectivity index (χ1) is 17.9. The third-order valence-corrected chi connectivity index (χ3v) is 9.08. The summed E-state index contributed by atoms with van der Waals surface area (Å²) in [5.41, 5.74) is 5.24. The van der Waals surface area contributed by atoms with Crippen LogP contribution < -0.4 is 0 Å².